The summed E-state index contributed by atoms with van der Waals surface area (Å²) in [5, 5.41) is 2.92. The van der Waals surface area contributed by atoms with Crippen LogP contribution in [0.1, 0.15) is 22.7 Å². The number of hydrogen-bond donors (Lipinski definition) is 1. The summed E-state index contributed by atoms with van der Waals surface area (Å²) >= 11 is 0. The molecule has 1 aromatic heterocycles. The molecular formula is C21H29N3O4. The second-order valence-electron chi connectivity index (χ2n) is 6.84. The van der Waals surface area contributed by atoms with Crippen molar-refractivity contribution in [3.63, 3.8) is 0 Å². The molecule has 1 amide bonds. The van der Waals surface area contributed by atoms with Gasteiger partial charge in [0.2, 0.25) is 0 Å². The normalized spacial score (nSPS) is 14.9. The summed E-state index contributed by atoms with van der Waals surface area (Å²) in [6, 6.07) is 11.7. The van der Waals surface area contributed by atoms with E-state index < -0.39 is 0 Å². The molecule has 0 bridgehead atoms. The van der Waals surface area contributed by atoms with Crippen LogP contribution in [-0.4, -0.2) is 64.3 Å². The van der Waals surface area contributed by atoms with Gasteiger partial charge in [0.25, 0.3) is 5.91 Å². The van der Waals surface area contributed by atoms with Crippen molar-refractivity contribution in [1.29, 1.82) is 0 Å². The Morgan fingerprint density at radius 1 is 1.07 bits per heavy atom. The van der Waals surface area contributed by atoms with E-state index >= 15 is 0 Å². The van der Waals surface area contributed by atoms with E-state index in [0.29, 0.717) is 24.7 Å². The first-order chi connectivity index (χ1) is 13.7. The lowest BCUT2D eigenvalue weighted by atomic mass is 10.2. The molecular weight excluding hydrogens is 358 g/mol. The predicted octanol–water partition coefficient (Wildman–Crippen LogP) is 2.38. The minimum Gasteiger partial charge on any atom is -0.497 e. The van der Waals surface area contributed by atoms with Gasteiger partial charge in [0.1, 0.15) is 18.1 Å². The van der Waals surface area contributed by atoms with Crippen LogP contribution >= 0.6 is 0 Å². The van der Waals surface area contributed by atoms with Crippen molar-refractivity contribution in [2.24, 2.45) is 0 Å². The minimum absolute atomic E-state index is 0.174. The number of amides is 1. The lowest BCUT2D eigenvalue weighted by Crippen LogP contribution is -2.47. The molecule has 0 atom stereocenters. The van der Waals surface area contributed by atoms with Crippen LogP contribution in [0, 0.1) is 0 Å². The first-order valence-electron chi connectivity index (χ1n) is 9.67. The highest BCUT2D eigenvalue weighted by molar-refractivity contribution is 5.91. The lowest BCUT2D eigenvalue weighted by molar-refractivity contribution is 0.0915. The van der Waals surface area contributed by atoms with Crippen molar-refractivity contribution in [2.75, 3.05) is 58.4 Å². The number of piperazine rings is 1. The van der Waals surface area contributed by atoms with Gasteiger partial charge in [0.15, 0.2) is 5.76 Å². The molecule has 2 heterocycles. The molecule has 1 fully saturated rings. The van der Waals surface area contributed by atoms with Gasteiger partial charge in [-0.1, -0.05) is 0 Å². The Balaban J connectivity index is 1.33. The quantitative estimate of drug-likeness (QED) is 0.667. The number of furan rings is 1. The molecule has 7 nitrogen and oxygen atoms in total. The molecule has 3 rings (SSSR count). The highest BCUT2D eigenvalue weighted by Crippen LogP contribution is 2.20. The molecule has 28 heavy (non-hydrogen) atoms. The Labute approximate surface area is 166 Å². The zero-order valence-electron chi connectivity index (χ0n) is 16.6. The van der Waals surface area contributed by atoms with E-state index in [1.807, 2.05) is 12.1 Å². The average molecular weight is 387 g/mol. The van der Waals surface area contributed by atoms with Crippen molar-refractivity contribution in [3.05, 3.63) is 47.9 Å². The highest BCUT2D eigenvalue weighted by Gasteiger charge is 2.17. The Kier molecular flexibility index (Phi) is 7.33. The molecule has 0 aliphatic carbocycles. The standard InChI is InChI=1S/C21H29N3O4/c1-26-16-19-8-9-20(28-19)21(25)22-10-3-11-23-12-14-24(15-13-23)17-4-6-18(27-2)7-5-17/h4-9H,3,10-16H2,1-2H3,(H,22,25). The van der Waals surface area contributed by atoms with Crippen molar-refractivity contribution < 1.29 is 18.7 Å². The van der Waals surface area contributed by atoms with Crippen LogP contribution in [-0.2, 0) is 11.3 Å². The number of benzene rings is 1. The molecule has 1 saturated heterocycles. The fourth-order valence-electron chi connectivity index (χ4n) is 3.33. The highest BCUT2D eigenvalue weighted by atomic mass is 16.5. The number of ether oxygens (including phenoxy) is 2. The van der Waals surface area contributed by atoms with Gasteiger partial charge in [-0.25, -0.2) is 0 Å². The summed E-state index contributed by atoms with van der Waals surface area (Å²) in [6.45, 7) is 6.05. The summed E-state index contributed by atoms with van der Waals surface area (Å²) in [5.74, 6) is 1.70. The summed E-state index contributed by atoms with van der Waals surface area (Å²) < 4.78 is 15.7. The van der Waals surface area contributed by atoms with Crippen LogP contribution in [0.25, 0.3) is 0 Å². The predicted molar refractivity (Wildman–Crippen MR) is 108 cm³/mol. The minimum atomic E-state index is -0.174. The number of nitrogens with one attached hydrogen (secondary N) is 1. The molecule has 0 saturated carbocycles. The van der Waals surface area contributed by atoms with Gasteiger partial charge in [0.05, 0.1) is 7.11 Å². The van der Waals surface area contributed by atoms with Crippen molar-refractivity contribution >= 4 is 11.6 Å². The van der Waals surface area contributed by atoms with E-state index in [4.69, 9.17) is 13.9 Å². The van der Waals surface area contributed by atoms with Gasteiger partial charge in [-0.05, 0) is 49.4 Å². The molecule has 0 spiro atoms. The van der Waals surface area contributed by atoms with Gasteiger partial charge < -0.3 is 24.1 Å². The maximum Gasteiger partial charge on any atom is 0.286 e. The third-order valence-electron chi connectivity index (χ3n) is 4.92. The number of methoxy groups -OCH3 is 2. The van der Waals surface area contributed by atoms with Crippen LogP contribution in [0.4, 0.5) is 5.69 Å². The Morgan fingerprint density at radius 2 is 1.82 bits per heavy atom. The number of anilines is 1. The monoisotopic (exact) mass is 387 g/mol. The van der Waals surface area contributed by atoms with Crippen LogP contribution < -0.4 is 15.0 Å². The smallest absolute Gasteiger partial charge is 0.286 e. The van der Waals surface area contributed by atoms with Crippen LogP contribution in [0.3, 0.4) is 0 Å². The van der Waals surface area contributed by atoms with Gasteiger partial charge in [-0.2, -0.15) is 0 Å². The summed E-state index contributed by atoms with van der Waals surface area (Å²) in [4.78, 5) is 16.9. The van der Waals surface area contributed by atoms with Crippen LogP contribution in [0.5, 0.6) is 5.75 Å². The zero-order valence-corrected chi connectivity index (χ0v) is 16.6. The number of nitrogens with zero attached hydrogens (tertiary/aromatic N) is 2. The SMILES string of the molecule is COCc1ccc(C(=O)NCCCN2CCN(c3ccc(OC)cc3)CC2)o1. The van der Waals surface area contributed by atoms with Crippen molar-refractivity contribution in [3.8, 4) is 5.75 Å². The number of carbonyl (C=O) groups is 1. The number of carbonyl (C=O) groups excluding carboxylic acids is 1. The fourth-order valence-corrected chi connectivity index (χ4v) is 3.33. The third kappa shape index (κ3) is 5.50. The molecule has 152 valence electrons. The Bertz CT molecular complexity index is 736. The largest absolute Gasteiger partial charge is 0.497 e. The van der Waals surface area contributed by atoms with E-state index in [1.165, 1.54) is 5.69 Å². The van der Waals surface area contributed by atoms with Gasteiger partial charge >= 0.3 is 0 Å². The molecule has 1 aliphatic rings. The summed E-state index contributed by atoms with van der Waals surface area (Å²) in [5.41, 5.74) is 1.24. The summed E-state index contributed by atoms with van der Waals surface area (Å²) in [7, 11) is 3.28. The van der Waals surface area contributed by atoms with Gasteiger partial charge in [-0.3, -0.25) is 9.69 Å². The Hall–Kier alpha value is -2.51. The maximum atomic E-state index is 12.1. The van der Waals surface area contributed by atoms with Crippen molar-refractivity contribution in [2.45, 2.75) is 13.0 Å². The lowest BCUT2D eigenvalue weighted by Gasteiger charge is -2.36. The summed E-state index contributed by atoms with van der Waals surface area (Å²) in [6.07, 6.45) is 0.917. The molecule has 2 aromatic rings. The maximum absolute atomic E-state index is 12.1. The molecule has 1 N–H and O–H groups in total. The van der Waals surface area contributed by atoms with E-state index in [1.54, 1.807) is 26.4 Å². The topological polar surface area (TPSA) is 67.2 Å². The number of rotatable bonds is 9. The molecule has 7 heteroatoms. The second-order valence-corrected chi connectivity index (χ2v) is 6.84. The number of hydrogen-bond acceptors (Lipinski definition) is 6. The van der Waals surface area contributed by atoms with Gasteiger partial charge in [0, 0.05) is 45.5 Å². The van der Waals surface area contributed by atoms with E-state index in [9.17, 15) is 4.79 Å². The molecule has 0 unspecified atom stereocenters. The first kappa shape index (κ1) is 20.2. The van der Waals surface area contributed by atoms with Gasteiger partial charge in [-0.15, -0.1) is 0 Å². The van der Waals surface area contributed by atoms with Crippen LogP contribution in [0.15, 0.2) is 40.8 Å². The molecule has 1 aliphatic heterocycles. The fraction of sp³-hybridized carbons (Fsp3) is 0.476. The zero-order chi connectivity index (χ0) is 19.8. The Morgan fingerprint density at radius 3 is 2.50 bits per heavy atom. The molecule has 1 aromatic carbocycles. The molecule has 0 radical (unpaired) electrons. The van der Waals surface area contributed by atoms with Crippen molar-refractivity contribution in [1.82, 2.24) is 10.2 Å². The second kappa shape index (κ2) is 10.1. The first-order valence-corrected chi connectivity index (χ1v) is 9.67. The average Bonchev–Trinajstić information content (AvgIpc) is 3.21. The van der Waals surface area contributed by atoms with E-state index in [2.05, 4.69) is 27.2 Å². The van der Waals surface area contributed by atoms with E-state index in [0.717, 1.165) is 44.9 Å². The van der Waals surface area contributed by atoms with Crippen LogP contribution in [0.2, 0.25) is 0 Å². The van der Waals surface area contributed by atoms with E-state index in [-0.39, 0.29) is 5.91 Å². The third-order valence-corrected chi connectivity index (χ3v) is 4.92.